The average Bonchev–Trinajstić information content (AvgIpc) is 3.40. The molecule has 1 unspecified atom stereocenters. The predicted octanol–water partition coefficient (Wildman–Crippen LogP) is 4.60. The third kappa shape index (κ3) is 4.44. The third-order valence-electron chi connectivity index (χ3n) is 7.98. The molecule has 1 aromatic heterocycles. The molecule has 2 amide bonds. The molecule has 40 heavy (non-hydrogen) atoms. The molecular weight excluding hydrogens is 520 g/mol. The average molecular weight is 548 g/mol. The van der Waals surface area contributed by atoms with Crippen molar-refractivity contribution in [1.82, 2.24) is 15.6 Å². The van der Waals surface area contributed by atoms with Gasteiger partial charge in [0.1, 0.15) is 17.6 Å². The van der Waals surface area contributed by atoms with Gasteiger partial charge in [-0.2, -0.15) is 0 Å². The quantitative estimate of drug-likeness (QED) is 0.466. The molecule has 2 N–H and O–H groups in total. The summed E-state index contributed by atoms with van der Waals surface area (Å²) in [7, 11) is 0. The van der Waals surface area contributed by atoms with Crippen LogP contribution in [0.4, 0.5) is 14.5 Å². The molecule has 0 saturated heterocycles. The van der Waals surface area contributed by atoms with E-state index in [2.05, 4.69) is 30.6 Å². The SMILES string of the molecule is CC1=NCC(C)=C1c1ccc(NC(=O)[C@@H](NC(=O)c2nonc2C)C2c3cc(F)cc(F)c3OCC23CC3)cc1. The van der Waals surface area contributed by atoms with Crippen LogP contribution in [-0.2, 0) is 4.79 Å². The minimum atomic E-state index is -1.20. The van der Waals surface area contributed by atoms with Crippen molar-refractivity contribution in [3.8, 4) is 5.75 Å². The Morgan fingerprint density at radius 1 is 1.07 bits per heavy atom. The Morgan fingerprint density at radius 2 is 1.82 bits per heavy atom. The zero-order valence-corrected chi connectivity index (χ0v) is 22.2. The summed E-state index contributed by atoms with van der Waals surface area (Å²) in [5.74, 6) is -3.75. The molecule has 1 spiro atoms. The van der Waals surface area contributed by atoms with E-state index in [0.29, 0.717) is 25.1 Å². The first kappa shape index (κ1) is 25.8. The van der Waals surface area contributed by atoms with E-state index in [1.165, 1.54) is 11.6 Å². The summed E-state index contributed by atoms with van der Waals surface area (Å²) < 4.78 is 39.6. The summed E-state index contributed by atoms with van der Waals surface area (Å²) in [6, 6.07) is 8.05. The van der Waals surface area contributed by atoms with E-state index < -0.39 is 40.8 Å². The normalized spacial score (nSPS) is 19.5. The van der Waals surface area contributed by atoms with Crippen LogP contribution >= 0.6 is 0 Å². The van der Waals surface area contributed by atoms with Crippen molar-refractivity contribution < 1.29 is 27.7 Å². The zero-order chi connectivity index (χ0) is 28.2. The number of aromatic nitrogens is 2. The second-order valence-electron chi connectivity index (χ2n) is 10.7. The Morgan fingerprint density at radius 3 is 2.45 bits per heavy atom. The van der Waals surface area contributed by atoms with Gasteiger partial charge in [0.15, 0.2) is 17.3 Å². The molecule has 9 nitrogen and oxygen atoms in total. The molecule has 3 heterocycles. The van der Waals surface area contributed by atoms with Crippen LogP contribution in [0.1, 0.15) is 59.9 Å². The third-order valence-corrected chi connectivity index (χ3v) is 7.98. The first-order valence-corrected chi connectivity index (χ1v) is 13.0. The lowest BCUT2D eigenvalue weighted by atomic mass is 9.75. The number of hydrogen-bond donors (Lipinski definition) is 2. The van der Waals surface area contributed by atoms with E-state index in [4.69, 9.17) is 4.74 Å². The van der Waals surface area contributed by atoms with Gasteiger partial charge in [-0.15, -0.1) is 0 Å². The van der Waals surface area contributed by atoms with Gasteiger partial charge in [-0.3, -0.25) is 14.6 Å². The van der Waals surface area contributed by atoms with Crippen LogP contribution in [0.3, 0.4) is 0 Å². The van der Waals surface area contributed by atoms with Gasteiger partial charge in [0.2, 0.25) is 5.91 Å². The maximum absolute atomic E-state index is 14.8. The number of ether oxygens (including phenoxy) is 1. The number of anilines is 1. The second-order valence-corrected chi connectivity index (χ2v) is 10.7. The highest BCUT2D eigenvalue weighted by molar-refractivity contribution is 6.25. The summed E-state index contributed by atoms with van der Waals surface area (Å²) in [5.41, 5.74) is 4.49. The van der Waals surface area contributed by atoms with Crippen molar-refractivity contribution in [3.05, 3.63) is 76.1 Å². The van der Waals surface area contributed by atoms with Gasteiger partial charge < -0.3 is 15.4 Å². The Labute approximate surface area is 228 Å². The summed E-state index contributed by atoms with van der Waals surface area (Å²) in [6.07, 6.45) is 1.34. The molecule has 206 valence electrons. The number of aryl methyl sites for hydroxylation is 1. The van der Waals surface area contributed by atoms with Crippen LogP contribution in [0.15, 0.2) is 51.6 Å². The van der Waals surface area contributed by atoms with Crippen molar-refractivity contribution in [1.29, 1.82) is 0 Å². The first-order valence-electron chi connectivity index (χ1n) is 13.0. The smallest absolute Gasteiger partial charge is 0.276 e. The Bertz CT molecular complexity index is 1590. The van der Waals surface area contributed by atoms with Crippen LogP contribution < -0.4 is 15.4 Å². The van der Waals surface area contributed by atoms with Gasteiger partial charge in [0, 0.05) is 39.9 Å². The Hall–Kier alpha value is -4.41. The summed E-state index contributed by atoms with van der Waals surface area (Å²) in [4.78, 5) is 31.6. The van der Waals surface area contributed by atoms with E-state index in [9.17, 15) is 18.4 Å². The lowest BCUT2D eigenvalue weighted by Gasteiger charge is -2.38. The number of carbonyl (C=O) groups excluding carboxylic acids is 2. The number of halogens is 2. The maximum atomic E-state index is 14.8. The van der Waals surface area contributed by atoms with Crippen molar-refractivity contribution in [2.24, 2.45) is 10.4 Å². The van der Waals surface area contributed by atoms with Gasteiger partial charge in [-0.25, -0.2) is 13.4 Å². The molecular formula is C29H27F2N5O4. The van der Waals surface area contributed by atoms with Crippen molar-refractivity contribution in [2.75, 3.05) is 18.5 Å². The number of benzene rings is 2. The number of amides is 2. The van der Waals surface area contributed by atoms with Crippen molar-refractivity contribution in [3.63, 3.8) is 0 Å². The van der Waals surface area contributed by atoms with Crippen LogP contribution in [0.2, 0.25) is 0 Å². The Balaban J connectivity index is 1.35. The molecule has 11 heteroatoms. The van der Waals surface area contributed by atoms with Crippen LogP contribution in [0.25, 0.3) is 5.57 Å². The molecule has 1 fully saturated rings. The highest BCUT2D eigenvalue weighted by Gasteiger charge is 2.58. The number of rotatable bonds is 6. The number of nitrogens with zero attached hydrogens (tertiary/aromatic N) is 3. The maximum Gasteiger partial charge on any atom is 0.276 e. The van der Waals surface area contributed by atoms with Crippen LogP contribution in [0, 0.1) is 24.0 Å². The molecule has 3 aromatic rings. The molecule has 6 rings (SSSR count). The monoisotopic (exact) mass is 547 g/mol. The van der Waals surface area contributed by atoms with Gasteiger partial charge in [0.05, 0.1) is 13.2 Å². The number of nitrogens with one attached hydrogen (secondary N) is 2. The topological polar surface area (TPSA) is 119 Å². The second kappa shape index (κ2) is 9.65. The molecule has 0 radical (unpaired) electrons. The summed E-state index contributed by atoms with van der Waals surface area (Å²) in [6.45, 7) is 6.35. The van der Waals surface area contributed by atoms with Gasteiger partial charge in [-0.1, -0.05) is 17.3 Å². The highest BCUT2D eigenvalue weighted by Crippen LogP contribution is 2.61. The van der Waals surface area contributed by atoms with Crippen LogP contribution in [-0.4, -0.2) is 47.0 Å². The van der Waals surface area contributed by atoms with E-state index in [0.717, 1.165) is 22.9 Å². The van der Waals surface area contributed by atoms with E-state index in [-0.39, 0.29) is 29.3 Å². The van der Waals surface area contributed by atoms with Crippen molar-refractivity contribution >= 4 is 28.8 Å². The van der Waals surface area contributed by atoms with Gasteiger partial charge in [0.25, 0.3) is 5.91 Å². The predicted molar refractivity (Wildman–Crippen MR) is 142 cm³/mol. The molecule has 2 atom stereocenters. The molecule has 0 bridgehead atoms. The lowest BCUT2D eigenvalue weighted by molar-refractivity contribution is -0.119. The number of hydrogen-bond acceptors (Lipinski definition) is 7. The zero-order valence-electron chi connectivity index (χ0n) is 22.2. The highest BCUT2D eigenvalue weighted by atomic mass is 19.1. The molecule has 1 aliphatic carbocycles. The number of aliphatic imine (C=N–C) groups is 1. The molecule has 3 aliphatic rings. The lowest BCUT2D eigenvalue weighted by Crippen LogP contribution is -2.52. The Kier molecular flexibility index (Phi) is 6.24. The van der Waals surface area contributed by atoms with Gasteiger partial charge >= 0.3 is 0 Å². The molecule has 1 saturated carbocycles. The van der Waals surface area contributed by atoms with Crippen molar-refractivity contribution in [2.45, 2.75) is 45.6 Å². The van der Waals surface area contributed by atoms with E-state index in [1.54, 1.807) is 19.1 Å². The summed E-state index contributed by atoms with van der Waals surface area (Å²) >= 11 is 0. The number of fused-ring (bicyclic) bond motifs is 1. The minimum Gasteiger partial charge on any atom is -0.490 e. The first-order chi connectivity index (χ1) is 19.2. The van der Waals surface area contributed by atoms with Crippen LogP contribution in [0.5, 0.6) is 5.75 Å². The number of carbonyl (C=O) groups is 2. The largest absolute Gasteiger partial charge is 0.490 e. The minimum absolute atomic E-state index is 0.0815. The standard InChI is InChI=1S/C29H27F2N5O4/c1-14-12-32-15(2)22(14)17-4-6-19(7-5-17)33-28(38)25(34-27(37)24-16(3)35-40-36-24)23-20-10-18(30)11-21(31)26(20)39-13-29(23)8-9-29/h4-7,10-11,23,25H,8-9,12-13H2,1-3H3,(H,33,38)(H,34,37)/t23?,25-/m0/s1. The summed E-state index contributed by atoms with van der Waals surface area (Å²) in [5, 5.41) is 12.9. The number of allylic oxidation sites excluding steroid dienone is 1. The molecule has 2 aliphatic heterocycles. The van der Waals surface area contributed by atoms with Gasteiger partial charge in [-0.05, 0) is 68.1 Å². The fourth-order valence-corrected chi connectivity index (χ4v) is 5.80. The molecule has 2 aromatic carbocycles. The van der Waals surface area contributed by atoms with E-state index in [1.807, 2.05) is 26.0 Å². The van der Waals surface area contributed by atoms with E-state index >= 15 is 0 Å². The fraction of sp³-hybridized carbons (Fsp3) is 0.345. The fourth-order valence-electron chi connectivity index (χ4n) is 5.80.